The standard InChI is InChI=1S/C12H13BrClFN2S/c1-18-4-2-3-17-11-6-9(15)8(13)5-10(11)16-12(17)7-14/h5-6H,2-4,7H2,1H3. The van der Waals surface area contributed by atoms with Crippen LogP contribution in [0.15, 0.2) is 16.6 Å². The van der Waals surface area contributed by atoms with Gasteiger partial charge < -0.3 is 4.57 Å². The SMILES string of the molecule is CSCCCn1c(CCl)nc2cc(Br)c(F)cc21. The summed E-state index contributed by atoms with van der Waals surface area (Å²) in [7, 11) is 0. The number of aryl methyl sites for hydroxylation is 1. The van der Waals surface area contributed by atoms with Gasteiger partial charge in [-0.2, -0.15) is 11.8 Å². The Balaban J connectivity index is 2.44. The first-order chi connectivity index (χ1) is 8.67. The summed E-state index contributed by atoms with van der Waals surface area (Å²) in [4.78, 5) is 4.44. The number of benzene rings is 1. The van der Waals surface area contributed by atoms with Crippen molar-refractivity contribution in [3.05, 3.63) is 28.2 Å². The van der Waals surface area contributed by atoms with E-state index in [1.807, 2.05) is 4.57 Å². The van der Waals surface area contributed by atoms with Crippen LogP contribution in [0, 0.1) is 5.82 Å². The van der Waals surface area contributed by atoms with Crippen LogP contribution in [-0.2, 0) is 12.4 Å². The molecule has 0 saturated heterocycles. The van der Waals surface area contributed by atoms with Crippen molar-refractivity contribution in [2.45, 2.75) is 18.8 Å². The molecule has 0 radical (unpaired) electrons. The van der Waals surface area contributed by atoms with E-state index in [0.717, 1.165) is 35.6 Å². The predicted octanol–water partition coefficient (Wildman–Crippen LogP) is 4.43. The van der Waals surface area contributed by atoms with Gasteiger partial charge in [-0.1, -0.05) is 0 Å². The van der Waals surface area contributed by atoms with Crippen LogP contribution in [0.1, 0.15) is 12.2 Å². The maximum atomic E-state index is 13.6. The highest BCUT2D eigenvalue weighted by molar-refractivity contribution is 9.10. The number of fused-ring (bicyclic) bond motifs is 1. The highest BCUT2D eigenvalue weighted by Gasteiger charge is 2.12. The average molecular weight is 352 g/mol. The molecule has 0 atom stereocenters. The molecule has 0 bridgehead atoms. The van der Waals surface area contributed by atoms with E-state index in [9.17, 15) is 4.39 Å². The summed E-state index contributed by atoms with van der Waals surface area (Å²) in [6, 6.07) is 3.22. The Labute approximate surface area is 123 Å². The van der Waals surface area contributed by atoms with Gasteiger partial charge >= 0.3 is 0 Å². The Morgan fingerprint density at radius 3 is 2.94 bits per heavy atom. The van der Waals surface area contributed by atoms with E-state index in [1.165, 1.54) is 6.07 Å². The Morgan fingerprint density at radius 1 is 1.50 bits per heavy atom. The van der Waals surface area contributed by atoms with Crippen molar-refractivity contribution in [3.8, 4) is 0 Å². The zero-order valence-electron chi connectivity index (χ0n) is 9.92. The van der Waals surface area contributed by atoms with E-state index in [-0.39, 0.29) is 5.82 Å². The molecule has 1 aromatic carbocycles. The first kappa shape index (κ1) is 14.2. The number of hydrogen-bond donors (Lipinski definition) is 0. The van der Waals surface area contributed by atoms with Crippen molar-refractivity contribution < 1.29 is 4.39 Å². The van der Waals surface area contributed by atoms with Crippen molar-refractivity contribution in [2.75, 3.05) is 12.0 Å². The number of halogens is 3. The molecule has 6 heteroatoms. The van der Waals surface area contributed by atoms with Crippen molar-refractivity contribution in [2.24, 2.45) is 0 Å². The van der Waals surface area contributed by atoms with Crippen LogP contribution in [0.4, 0.5) is 4.39 Å². The fourth-order valence-corrected chi connectivity index (χ4v) is 2.84. The number of thioether (sulfide) groups is 1. The van der Waals surface area contributed by atoms with Crippen LogP contribution in [-0.4, -0.2) is 21.6 Å². The van der Waals surface area contributed by atoms with Crippen LogP contribution in [0.25, 0.3) is 11.0 Å². The number of imidazole rings is 1. The highest BCUT2D eigenvalue weighted by Crippen LogP contribution is 2.25. The van der Waals surface area contributed by atoms with Crippen LogP contribution >= 0.6 is 39.3 Å². The van der Waals surface area contributed by atoms with Gasteiger partial charge in [0.15, 0.2) is 0 Å². The molecule has 1 heterocycles. The van der Waals surface area contributed by atoms with E-state index in [4.69, 9.17) is 11.6 Å². The Morgan fingerprint density at radius 2 is 2.28 bits per heavy atom. The molecule has 0 unspecified atom stereocenters. The first-order valence-corrected chi connectivity index (χ1v) is 8.28. The second-order valence-corrected chi connectivity index (χ2v) is 6.02. The number of hydrogen-bond acceptors (Lipinski definition) is 2. The molecule has 0 aliphatic heterocycles. The molecule has 0 saturated carbocycles. The second-order valence-electron chi connectivity index (χ2n) is 3.91. The van der Waals surface area contributed by atoms with Gasteiger partial charge in [-0.15, -0.1) is 11.6 Å². The third-order valence-corrected chi connectivity index (χ3v) is 4.26. The Kier molecular flexibility index (Phi) is 4.92. The minimum atomic E-state index is -0.269. The van der Waals surface area contributed by atoms with Gasteiger partial charge in [-0.25, -0.2) is 9.37 Å². The van der Waals surface area contributed by atoms with Crippen molar-refractivity contribution in [1.82, 2.24) is 9.55 Å². The third-order valence-electron chi connectivity index (χ3n) is 2.72. The maximum absolute atomic E-state index is 13.6. The lowest BCUT2D eigenvalue weighted by atomic mass is 10.3. The molecule has 2 nitrogen and oxygen atoms in total. The van der Waals surface area contributed by atoms with Crippen LogP contribution in [0.3, 0.4) is 0 Å². The minimum absolute atomic E-state index is 0.269. The maximum Gasteiger partial charge on any atom is 0.139 e. The van der Waals surface area contributed by atoms with Gasteiger partial charge in [0, 0.05) is 12.6 Å². The normalized spacial score (nSPS) is 11.3. The van der Waals surface area contributed by atoms with E-state index in [2.05, 4.69) is 27.2 Å². The minimum Gasteiger partial charge on any atom is -0.327 e. The van der Waals surface area contributed by atoms with Crippen molar-refractivity contribution >= 4 is 50.3 Å². The van der Waals surface area contributed by atoms with Crippen molar-refractivity contribution in [3.63, 3.8) is 0 Å². The molecule has 0 amide bonds. The lowest BCUT2D eigenvalue weighted by molar-refractivity contribution is 0.620. The van der Waals surface area contributed by atoms with Gasteiger partial charge in [0.05, 0.1) is 21.4 Å². The number of alkyl halides is 1. The number of nitrogens with zero attached hydrogens (tertiary/aromatic N) is 2. The third kappa shape index (κ3) is 2.83. The molecule has 0 aliphatic rings. The summed E-state index contributed by atoms with van der Waals surface area (Å²) in [5.74, 6) is 1.94. The molecule has 98 valence electrons. The number of rotatable bonds is 5. The zero-order chi connectivity index (χ0) is 13.1. The summed E-state index contributed by atoms with van der Waals surface area (Å²) in [5, 5.41) is 0. The van der Waals surface area contributed by atoms with E-state index < -0.39 is 0 Å². The topological polar surface area (TPSA) is 17.8 Å². The van der Waals surface area contributed by atoms with Gasteiger partial charge in [-0.3, -0.25) is 0 Å². The molecule has 0 fully saturated rings. The first-order valence-electron chi connectivity index (χ1n) is 5.56. The highest BCUT2D eigenvalue weighted by atomic mass is 79.9. The van der Waals surface area contributed by atoms with Gasteiger partial charge in [0.25, 0.3) is 0 Å². The molecule has 2 rings (SSSR count). The van der Waals surface area contributed by atoms with E-state index in [0.29, 0.717) is 10.4 Å². The van der Waals surface area contributed by atoms with E-state index in [1.54, 1.807) is 17.8 Å². The monoisotopic (exact) mass is 350 g/mol. The van der Waals surface area contributed by atoms with Crippen LogP contribution < -0.4 is 0 Å². The summed E-state index contributed by atoms with van der Waals surface area (Å²) < 4.78 is 16.0. The molecule has 18 heavy (non-hydrogen) atoms. The summed E-state index contributed by atoms with van der Waals surface area (Å²) >= 11 is 10.9. The van der Waals surface area contributed by atoms with Crippen LogP contribution in [0.5, 0.6) is 0 Å². The Hall–Kier alpha value is -0.260. The Bertz CT molecular complexity index is 558. The smallest absolute Gasteiger partial charge is 0.139 e. The molecular weight excluding hydrogens is 339 g/mol. The predicted molar refractivity (Wildman–Crippen MR) is 79.9 cm³/mol. The average Bonchev–Trinajstić information content (AvgIpc) is 2.68. The lowest BCUT2D eigenvalue weighted by Gasteiger charge is -2.07. The lowest BCUT2D eigenvalue weighted by Crippen LogP contribution is -2.03. The molecule has 0 spiro atoms. The summed E-state index contributed by atoms with van der Waals surface area (Å²) in [5.41, 5.74) is 1.59. The summed E-state index contributed by atoms with van der Waals surface area (Å²) in [6.45, 7) is 0.820. The largest absolute Gasteiger partial charge is 0.327 e. The fourth-order valence-electron chi connectivity index (χ4n) is 1.89. The molecule has 2 aromatic rings. The zero-order valence-corrected chi connectivity index (χ0v) is 13.1. The fraction of sp³-hybridized carbons (Fsp3) is 0.417. The van der Waals surface area contributed by atoms with Crippen molar-refractivity contribution in [1.29, 1.82) is 0 Å². The molecule has 0 aliphatic carbocycles. The van der Waals surface area contributed by atoms with Gasteiger partial charge in [-0.05, 0) is 40.4 Å². The molecular formula is C12H13BrClFN2S. The second kappa shape index (κ2) is 6.26. The van der Waals surface area contributed by atoms with E-state index >= 15 is 0 Å². The van der Waals surface area contributed by atoms with Gasteiger partial charge in [0.2, 0.25) is 0 Å². The van der Waals surface area contributed by atoms with Crippen LogP contribution in [0.2, 0.25) is 0 Å². The number of aromatic nitrogens is 2. The molecule has 0 N–H and O–H groups in total. The molecule has 1 aromatic heterocycles. The van der Waals surface area contributed by atoms with Gasteiger partial charge in [0.1, 0.15) is 11.6 Å². The quantitative estimate of drug-likeness (QED) is 0.586. The summed E-state index contributed by atoms with van der Waals surface area (Å²) in [6.07, 6.45) is 3.10.